The topological polar surface area (TPSA) is 27.2 Å². The first-order valence-corrected chi connectivity index (χ1v) is 10.2. The predicted octanol–water partition coefficient (Wildman–Crippen LogP) is 3.37. The summed E-state index contributed by atoms with van der Waals surface area (Å²) < 4.78 is 18.5. The molecule has 2 atom stereocenters. The first kappa shape index (κ1) is 17.6. The third-order valence-corrected chi connectivity index (χ3v) is 6.72. The summed E-state index contributed by atoms with van der Waals surface area (Å²) in [5, 5.41) is 6.86. The van der Waals surface area contributed by atoms with Crippen molar-refractivity contribution in [3.8, 4) is 11.4 Å². The molecule has 0 fully saturated rings. The van der Waals surface area contributed by atoms with Crippen LogP contribution in [0.1, 0.15) is 29.8 Å². The quantitative estimate of drug-likeness (QED) is 0.693. The number of benzene rings is 1. The fraction of sp³-hybridized carbons (Fsp3) is 0.368. The van der Waals surface area contributed by atoms with E-state index in [0.29, 0.717) is 28.9 Å². The van der Waals surface area contributed by atoms with E-state index in [2.05, 4.69) is 23.5 Å². The van der Waals surface area contributed by atoms with Crippen LogP contribution in [0.25, 0.3) is 11.4 Å². The average molecular weight is 390 g/mol. The largest absolute Gasteiger partial charge is 0.310 e. The molecule has 0 saturated carbocycles. The maximum atomic E-state index is 14.2. The highest BCUT2D eigenvalue weighted by atomic mass is 32.1. The van der Waals surface area contributed by atoms with E-state index < -0.39 is 0 Å². The van der Waals surface area contributed by atoms with Crippen molar-refractivity contribution < 1.29 is 9.29 Å². The van der Waals surface area contributed by atoms with Crippen LogP contribution < -0.4 is 4.90 Å². The van der Waals surface area contributed by atoms with E-state index in [1.54, 1.807) is 16.7 Å². The standard InChI is InChI=1S/C19H21FN4S2/c1-3-16-14-9-11-26-17(14)8-10-23(16)12-24-19(25)22(2)18(21-24)13-6-4-5-7-15(13)20/h4-7,9,11,16H,3,8,10,12H2,1-2H3/p+1/t16-/m1/s1. The molecule has 0 bridgehead atoms. The van der Waals surface area contributed by atoms with Gasteiger partial charge in [-0.25, -0.2) is 4.39 Å². The van der Waals surface area contributed by atoms with Crippen LogP contribution in [0.5, 0.6) is 0 Å². The Hall–Kier alpha value is -1.83. The lowest BCUT2D eigenvalue weighted by Crippen LogP contribution is -3.12. The monoisotopic (exact) mass is 389 g/mol. The van der Waals surface area contributed by atoms with Gasteiger partial charge in [-0.2, -0.15) is 4.68 Å². The maximum Gasteiger partial charge on any atom is 0.202 e. The molecule has 0 radical (unpaired) electrons. The lowest BCUT2D eigenvalue weighted by molar-refractivity contribution is -0.956. The van der Waals surface area contributed by atoms with Crippen molar-refractivity contribution in [2.24, 2.45) is 7.05 Å². The van der Waals surface area contributed by atoms with Crippen LogP contribution in [-0.4, -0.2) is 20.9 Å². The number of nitrogens with one attached hydrogen (secondary N) is 1. The van der Waals surface area contributed by atoms with Crippen LogP contribution in [-0.2, 0) is 20.1 Å². The van der Waals surface area contributed by atoms with Crippen molar-refractivity contribution in [2.75, 3.05) is 6.54 Å². The van der Waals surface area contributed by atoms with E-state index in [-0.39, 0.29) is 5.82 Å². The molecule has 3 aromatic rings. The van der Waals surface area contributed by atoms with Crippen LogP contribution in [0.15, 0.2) is 35.7 Å². The molecule has 0 aliphatic carbocycles. The van der Waals surface area contributed by atoms with Gasteiger partial charge in [0.25, 0.3) is 0 Å². The molecule has 1 unspecified atom stereocenters. The molecule has 0 saturated heterocycles. The number of rotatable bonds is 4. The Morgan fingerprint density at radius 3 is 2.92 bits per heavy atom. The average Bonchev–Trinajstić information content (AvgIpc) is 3.22. The molecule has 2 aromatic heterocycles. The Labute approximate surface area is 161 Å². The summed E-state index contributed by atoms with van der Waals surface area (Å²) in [6.07, 6.45) is 2.18. The van der Waals surface area contributed by atoms with Crippen molar-refractivity contribution >= 4 is 23.6 Å². The minimum Gasteiger partial charge on any atom is -0.310 e. The molecule has 26 heavy (non-hydrogen) atoms. The van der Waals surface area contributed by atoms with Crippen LogP contribution in [0.4, 0.5) is 4.39 Å². The van der Waals surface area contributed by atoms with E-state index in [1.165, 1.54) is 21.4 Å². The van der Waals surface area contributed by atoms with Gasteiger partial charge in [0.1, 0.15) is 11.9 Å². The summed E-state index contributed by atoms with van der Waals surface area (Å²) in [5.74, 6) is 0.302. The van der Waals surface area contributed by atoms with Crippen LogP contribution in [0, 0.1) is 10.6 Å². The van der Waals surface area contributed by atoms with Crippen LogP contribution in [0.2, 0.25) is 0 Å². The zero-order valence-electron chi connectivity index (χ0n) is 14.9. The molecular formula is C19H22FN4S2+. The van der Waals surface area contributed by atoms with Crippen molar-refractivity contribution in [2.45, 2.75) is 32.5 Å². The van der Waals surface area contributed by atoms with E-state index in [4.69, 9.17) is 12.2 Å². The first-order valence-electron chi connectivity index (χ1n) is 8.89. The second-order valence-electron chi connectivity index (χ2n) is 6.72. The molecule has 7 heteroatoms. The van der Waals surface area contributed by atoms with Gasteiger partial charge in [0.15, 0.2) is 12.5 Å². The van der Waals surface area contributed by atoms with E-state index in [1.807, 2.05) is 29.1 Å². The lowest BCUT2D eigenvalue weighted by Gasteiger charge is -2.31. The van der Waals surface area contributed by atoms with Gasteiger partial charge in [0, 0.05) is 30.3 Å². The molecule has 4 nitrogen and oxygen atoms in total. The molecule has 0 amide bonds. The SMILES string of the molecule is CC[C@@H]1c2ccsc2CC[NH+]1Cn1nc(-c2ccccc2F)n(C)c1=S. The fourth-order valence-electron chi connectivity index (χ4n) is 3.89. The highest BCUT2D eigenvalue weighted by Gasteiger charge is 2.31. The van der Waals surface area contributed by atoms with Gasteiger partial charge < -0.3 is 9.47 Å². The normalized spacial score (nSPS) is 19.5. The van der Waals surface area contributed by atoms with Gasteiger partial charge in [-0.05, 0) is 35.8 Å². The highest BCUT2D eigenvalue weighted by Crippen LogP contribution is 2.27. The molecule has 1 aliphatic heterocycles. The Bertz CT molecular complexity index is 988. The van der Waals surface area contributed by atoms with Crippen molar-refractivity contribution in [1.29, 1.82) is 0 Å². The van der Waals surface area contributed by atoms with E-state index in [0.717, 1.165) is 19.4 Å². The maximum absolute atomic E-state index is 14.2. The second-order valence-corrected chi connectivity index (χ2v) is 8.09. The van der Waals surface area contributed by atoms with Gasteiger partial charge in [-0.1, -0.05) is 19.1 Å². The summed E-state index contributed by atoms with van der Waals surface area (Å²) in [6, 6.07) is 9.44. The van der Waals surface area contributed by atoms with Crippen LogP contribution in [0.3, 0.4) is 0 Å². The lowest BCUT2D eigenvalue weighted by atomic mass is 9.98. The molecule has 1 aliphatic rings. The van der Waals surface area contributed by atoms with Gasteiger partial charge in [-0.15, -0.1) is 16.4 Å². The van der Waals surface area contributed by atoms with Crippen molar-refractivity contribution in [3.63, 3.8) is 0 Å². The second kappa shape index (κ2) is 7.06. The first-order chi connectivity index (χ1) is 12.6. The van der Waals surface area contributed by atoms with Crippen LogP contribution >= 0.6 is 23.6 Å². The minimum absolute atomic E-state index is 0.276. The number of nitrogens with zero attached hydrogens (tertiary/aromatic N) is 3. The zero-order valence-corrected chi connectivity index (χ0v) is 16.5. The highest BCUT2D eigenvalue weighted by molar-refractivity contribution is 7.71. The summed E-state index contributed by atoms with van der Waals surface area (Å²) in [5.41, 5.74) is 1.95. The van der Waals surface area contributed by atoms with Gasteiger partial charge in [0.2, 0.25) is 4.77 Å². The summed E-state index contributed by atoms with van der Waals surface area (Å²) >= 11 is 7.45. The van der Waals surface area contributed by atoms with Gasteiger partial charge >= 0.3 is 0 Å². The fourth-order valence-corrected chi connectivity index (χ4v) is 5.03. The van der Waals surface area contributed by atoms with Crippen molar-refractivity contribution in [1.82, 2.24) is 14.3 Å². The number of hydrogen-bond acceptors (Lipinski definition) is 3. The molecule has 0 spiro atoms. The minimum atomic E-state index is -0.276. The molecular weight excluding hydrogens is 367 g/mol. The number of quaternary nitrogens is 1. The third kappa shape index (κ3) is 2.94. The number of fused-ring (bicyclic) bond motifs is 1. The molecule has 136 valence electrons. The molecule has 3 heterocycles. The van der Waals surface area contributed by atoms with Gasteiger partial charge in [0.05, 0.1) is 12.1 Å². The number of thiophene rings is 1. The Morgan fingerprint density at radius 2 is 2.15 bits per heavy atom. The molecule has 1 aromatic carbocycles. The van der Waals surface area contributed by atoms with E-state index >= 15 is 0 Å². The summed E-state index contributed by atoms with van der Waals surface area (Å²) in [7, 11) is 1.85. The third-order valence-electron chi connectivity index (χ3n) is 5.24. The van der Waals surface area contributed by atoms with E-state index in [9.17, 15) is 4.39 Å². The Kier molecular flexibility index (Phi) is 4.77. The Balaban J connectivity index is 1.67. The Morgan fingerprint density at radius 1 is 1.35 bits per heavy atom. The number of aromatic nitrogens is 3. The number of hydrogen-bond donors (Lipinski definition) is 1. The van der Waals surface area contributed by atoms with Gasteiger partial charge in [-0.3, -0.25) is 0 Å². The summed E-state index contributed by atoms with van der Waals surface area (Å²) in [6.45, 7) is 4.01. The molecule has 1 N–H and O–H groups in total. The predicted molar refractivity (Wildman–Crippen MR) is 104 cm³/mol. The number of halogens is 1. The zero-order chi connectivity index (χ0) is 18.3. The summed E-state index contributed by atoms with van der Waals surface area (Å²) in [4.78, 5) is 2.98. The van der Waals surface area contributed by atoms with Crippen molar-refractivity contribution in [3.05, 3.63) is 56.7 Å². The molecule has 4 rings (SSSR count). The smallest absolute Gasteiger partial charge is 0.202 e.